The monoisotopic (exact) mass is 455 g/mol. The summed E-state index contributed by atoms with van der Waals surface area (Å²) in [6, 6.07) is 13.2. The fraction of sp³-hybridized carbons (Fsp3) is 0.176. The summed E-state index contributed by atoms with van der Waals surface area (Å²) in [5.41, 5.74) is 7.83. The highest BCUT2D eigenvalue weighted by molar-refractivity contribution is 14.1. The number of nitrogens with two attached hydrogens (primary N) is 1. The summed E-state index contributed by atoms with van der Waals surface area (Å²) >= 11 is 3.41. The topological polar surface area (TPSA) is 88.2 Å². The summed E-state index contributed by atoms with van der Waals surface area (Å²) in [4.78, 5) is 12.5. The highest BCUT2D eigenvalue weighted by Crippen LogP contribution is 2.20. The molecule has 0 unspecified atom stereocenters. The van der Waals surface area contributed by atoms with Crippen LogP contribution >= 0.6 is 34.4 Å². The molecule has 0 atom stereocenters. The van der Waals surface area contributed by atoms with Crippen LogP contribution in [0.4, 0.5) is 0 Å². The highest BCUT2D eigenvalue weighted by Gasteiger charge is 2.12. The van der Waals surface area contributed by atoms with Crippen molar-refractivity contribution in [1.82, 2.24) is 5.32 Å². The SMILES string of the molecule is COc1cccc(CNC(=O)c2ccc(I)cc2CSC(=N)N)c1. The van der Waals surface area contributed by atoms with Crippen molar-refractivity contribution in [3.8, 4) is 5.75 Å². The Bertz CT molecular complexity index is 752. The van der Waals surface area contributed by atoms with Gasteiger partial charge in [-0.1, -0.05) is 23.9 Å². The van der Waals surface area contributed by atoms with Gasteiger partial charge in [0.2, 0.25) is 0 Å². The smallest absolute Gasteiger partial charge is 0.251 e. The van der Waals surface area contributed by atoms with E-state index >= 15 is 0 Å². The normalized spacial score (nSPS) is 10.2. The molecule has 7 heteroatoms. The molecule has 0 saturated carbocycles. The fourth-order valence-electron chi connectivity index (χ4n) is 2.12. The molecule has 0 aliphatic heterocycles. The zero-order chi connectivity index (χ0) is 17.5. The molecule has 24 heavy (non-hydrogen) atoms. The van der Waals surface area contributed by atoms with Gasteiger partial charge in [-0.2, -0.15) is 0 Å². The van der Waals surface area contributed by atoms with Gasteiger partial charge in [0.05, 0.1) is 7.11 Å². The second-order valence-electron chi connectivity index (χ2n) is 4.99. The van der Waals surface area contributed by atoms with Gasteiger partial charge in [-0.05, 0) is 64.0 Å². The third-order valence-electron chi connectivity index (χ3n) is 3.28. The first-order valence-electron chi connectivity index (χ1n) is 7.16. The predicted octanol–water partition coefficient (Wildman–Crippen LogP) is 3.36. The van der Waals surface area contributed by atoms with E-state index in [1.807, 2.05) is 36.4 Å². The second kappa shape index (κ2) is 8.93. The van der Waals surface area contributed by atoms with Crippen molar-refractivity contribution in [3.05, 3.63) is 62.7 Å². The predicted molar refractivity (Wildman–Crippen MR) is 107 cm³/mol. The van der Waals surface area contributed by atoms with Crippen LogP contribution in [0.25, 0.3) is 0 Å². The van der Waals surface area contributed by atoms with Gasteiger partial charge in [0.15, 0.2) is 5.17 Å². The molecule has 0 spiro atoms. The van der Waals surface area contributed by atoms with Gasteiger partial charge in [-0.25, -0.2) is 0 Å². The first-order chi connectivity index (χ1) is 11.5. The lowest BCUT2D eigenvalue weighted by Crippen LogP contribution is -2.24. The molecule has 0 radical (unpaired) electrons. The van der Waals surface area contributed by atoms with E-state index in [4.69, 9.17) is 15.9 Å². The van der Waals surface area contributed by atoms with Crippen LogP contribution in [0.3, 0.4) is 0 Å². The summed E-state index contributed by atoms with van der Waals surface area (Å²) in [5, 5.41) is 10.3. The molecule has 0 aliphatic carbocycles. The Hall–Kier alpha value is -1.74. The number of ether oxygens (including phenoxy) is 1. The molecule has 4 N–H and O–H groups in total. The van der Waals surface area contributed by atoms with E-state index in [1.54, 1.807) is 13.2 Å². The lowest BCUT2D eigenvalue weighted by atomic mass is 10.1. The molecule has 0 aromatic heterocycles. The number of hydrogen-bond donors (Lipinski definition) is 3. The largest absolute Gasteiger partial charge is 0.497 e. The van der Waals surface area contributed by atoms with Crippen LogP contribution in [-0.2, 0) is 12.3 Å². The average molecular weight is 455 g/mol. The number of hydrogen-bond acceptors (Lipinski definition) is 4. The van der Waals surface area contributed by atoms with E-state index in [-0.39, 0.29) is 11.1 Å². The minimum absolute atomic E-state index is 0.0385. The van der Waals surface area contributed by atoms with Crippen LogP contribution < -0.4 is 15.8 Å². The number of methoxy groups -OCH3 is 1. The average Bonchev–Trinajstić information content (AvgIpc) is 2.58. The minimum Gasteiger partial charge on any atom is -0.497 e. The van der Waals surface area contributed by atoms with Crippen molar-refractivity contribution in [2.75, 3.05) is 7.11 Å². The summed E-state index contributed by atoms with van der Waals surface area (Å²) in [6.45, 7) is 0.418. The molecule has 0 saturated heterocycles. The zero-order valence-corrected chi connectivity index (χ0v) is 16.1. The van der Waals surface area contributed by atoms with Gasteiger partial charge >= 0.3 is 0 Å². The molecule has 0 heterocycles. The number of amidine groups is 1. The molecule has 0 aliphatic rings. The van der Waals surface area contributed by atoms with Gasteiger partial charge in [0.1, 0.15) is 5.75 Å². The Kier molecular flexibility index (Phi) is 6.92. The van der Waals surface area contributed by atoms with Crippen molar-refractivity contribution in [2.45, 2.75) is 12.3 Å². The molecule has 5 nitrogen and oxygen atoms in total. The van der Waals surface area contributed by atoms with Gasteiger partial charge in [-0.15, -0.1) is 0 Å². The van der Waals surface area contributed by atoms with Gasteiger partial charge in [0.25, 0.3) is 5.91 Å². The quantitative estimate of drug-likeness (QED) is 0.354. The van der Waals surface area contributed by atoms with Crippen LogP contribution in [0.5, 0.6) is 5.75 Å². The molecule has 2 aromatic rings. The Labute approximate surface area is 159 Å². The summed E-state index contributed by atoms with van der Waals surface area (Å²) in [6.07, 6.45) is 0. The lowest BCUT2D eigenvalue weighted by Gasteiger charge is -2.11. The van der Waals surface area contributed by atoms with Gasteiger partial charge in [-0.3, -0.25) is 10.2 Å². The maximum Gasteiger partial charge on any atom is 0.251 e. The Morgan fingerprint density at radius 3 is 2.83 bits per heavy atom. The van der Waals surface area contributed by atoms with Crippen molar-refractivity contribution in [3.63, 3.8) is 0 Å². The molecule has 1 amide bonds. The number of carbonyl (C=O) groups is 1. The number of rotatable bonds is 6. The zero-order valence-electron chi connectivity index (χ0n) is 13.1. The number of amides is 1. The van der Waals surface area contributed by atoms with Gasteiger partial charge in [0, 0.05) is 21.4 Å². The van der Waals surface area contributed by atoms with Gasteiger partial charge < -0.3 is 15.8 Å². The Balaban J connectivity index is 2.09. The number of halogens is 1. The van der Waals surface area contributed by atoms with Crippen LogP contribution in [0.1, 0.15) is 21.5 Å². The Morgan fingerprint density at radius 1 is 1.33 bits per heavy atom. The standard InChI is InChI=1S/C17H18IN3O2S/c1-23-14-4-2-3-11(7-14)9-21-16(22)15-6-5-13(18)8-12(15)10-24-17(19)20/h2-8H,9-10H2,1H3,(H3,19,20)(H,21,22). The summed E-state index contributed by atoms with van der Waals surface area (Å²) in [7, 11) is 1.61. The molecule has 0 fully saturated rings. The molecule has 0 bridgehead atoms. The summed E-state index contributed by atoms with van der Waals surface area (Å²) < 4.78 is 6.22. The van der Waals surface area contributed by atoms with E-state index in [9.17, 15) is 4.79 Å². The fourth-order valence-corrected chi connectivity index (χ4v) is 3.22. The first-order valence-corrected chi connectivity index (χ1v) is 9.22. The van der Waals surface area contributed by atoms with Crippen molar-refractivity contribution in [1.29, 1.82) is 5.41 Å². The maximum atomic E-state index is 12.5. The second-order valence-corrected chi connectivity index (χ2v) is 7.25. The van der Waals surface area contributed by atoms with Crippen molar-refractivity contribution < 1.29 is 9.53 Å². The van der Waals surface area contributed by atoms with E-state index < -0.39 is 0 Å². The lowest BCUT2D eigenvalue weighted by molar-refractivity contribution is 0.0950. The number of nitrogens with one attached hydrogen (secondary N) is 2. The molecular weight excluding hydrogens is 437 g/mol. The van der Waals surface area contributed by atoms with E-state index in [0.717, 1.165) is 20.4 Å². The minimum atomic E-state index is -0.145. The number of carbonyl (C=O) groups excluding carboxylic acids is 1. The summed E-state index contributed by atoms with van der Waals surface area (Å²) in [5.74, 6) is 1.11. The van der Waals surface area contributed by atoms with Crippen molar-refractivity contribution >= 4 is 45.4 Å². The first kappa shape index (κ1) is 18.6. The third kappa shape index (κ3) is 5.41. The van der Waals surface area contributed by atoms with Crippen LogP contribution in [0.15, 0.2) is 42.5 Å². The van der Waals surface area contributed by atoms with Crippen LogP contribution in [0.2, 0.25) is 0 Å². The van der Waals surface area contributed by atoms with E-state index in [1.165, 1.54) is 11.8 Å². The molecular formula is C17H18IN3O2S. The highest BCUT2D eigenvalue weighted by atomic mass is 127. The van der Waals surface area contributed by atoms with Crippen LogP contribution in [0, 0.1) is 8.98 Å². The van der Waals surface area contributed by atoms with Crippen molar-refractivity contribution in [2.24, 2.45) is 5.73 Å². The maximum absolute atomic E-state index is 12.5. The Morgan fingerprint density at radius 2 is 2.12 bits per heavy atom. The molecule has 126 valence electrons. The number of benzene rings is 2. The van der Waals surface area contributed by atoms with E-state index in [0.29, 0.717) is 17.9 Å². The van der Waals surface area contributed by atoms with E-state index in [2.05, 4.69) is 27.9 Å². The van der Waals surface area contributed by atoms with Crippen LogP contribution in [-0.4, -0.2) is 18.2 Å². The third-order valence-corrected chi connectivity index (χ3v) is 4.72. The molecule has 2 rings (SSSR count). The number of thioether (sulfide) groups is 1. The molecule has 2 aromatic carbocycles.